The van der Waals surface area contributed by atoms with E-state index in [9.17, 15) is 34.5 Å². The Kier molecular flexibility index (Phi) is 51.7. The third-order valence-corrected chi connectivity index (χ3v) is 14.1. The molecule has 3 N–H and O–H groups in total. The van der Waals surface area contributed by atoms with E-state index in [4.69, 9.17) is 23.7 Å². The second-order valence-corrected chi connectivity index (χ2v) is 21.7. The number of hydrogen-bond acceptors (Lipinski definition) is 11. The molecule has 12 nitrogen and oxygen atoms in total. The maximum Gasteiger partial charge on any atom is 0.335 e. The second-order valence-electron chi connectivity index (χ2n) is 21.7. The summed E-state index contributed by atoms with van der Waals surface area (Å²) in [5.41, 5.74) is 0. The van der Waals surface area contributed by atoms with Gasteiger partial charge in [0.2, 0.25) is 0 Å². The molecular formula is C69H114O12. The first-order valence-corrected chi connectivity index (χ1v) is 32.2. The number of rotatable bonds is 54. The Hall–Kier alpha value is -4.36. The Labute approximate surface area is 492 Å². The molecule has 1 rings (SSSR count). The molecule has 6 atom stereocenters. The van der Waals surface area contributed by atoms with E-state index in [0.29, 0.717) is 25.7 Å². The van der Waals surface area contributed by atoms with Gasteiger partial charge in [-0.05, 0) is 122 Å². The molecule has 1 fully saturated rings. The fourth-order valence-electron chi connectivity index (χ4n) is 9.18. The van der Waals surface area contributed by atoms with Crippen LogP contribution in [0.25, 0.3) is 0 Å². The van der Waals surface area contributed by atoms with Gasteiger partial charge < -0.3 is 39.0 Å². The topological polar surface area (TPSA) is 175 Å². The monoisotopic (exact) mass is 1130 g/mol. The smallest absolute Gasteiger partial charge is 0.335 e. The maximum absolute atomic E-state index is 13.2. The number of aliphatic carboxylic acids is 1. The lowest BCUT2D eigenvalue weighted by molar-refractivity contribution is -0.301. The molecule has 0 amide bonds. The van der Waals surface area contributed by atoms with Crippen molar-refractivity contribution in [3.05, 3.63) is 97.2 Å². The van der Waals surface area contributed by atoms with Gasteiger partial charge in [0.25, 0.3) is 0 Å². The van der Waals surface area contributed by atoms with Crippen LogP contribution in [0.3, 0.4) is 0 Å². The molecule has 0 bridgehead atoms. The average Bonchev–Trinajstić information content (AvgIpc) is 3.53. The number of aliphatic hydroxyl groups excluding tert-OH is 2. The van der Waals surface area contributed by atoms with Crippen molar-refractivity contribution in [1.82, 2.24) is 0 Å². The molecule has 0 aromatic carbocycles. The third kappa shape index (κ3) is 45.8. The van der Waals surface area contributed by atoms with Gasteiger partial charge in [0.1, 0.15) is 18.8 Å². The predicted octanol–water partition coefficient (Wildman–Crippen LogP) is 17.2. The van der Waals surface area contributed by atoms with Gasteiger partial charge in [0.05, 0.1) is 6.61 Å². The van der Waals surface area contributed by atoms with E-state index in [2.05, 4.69) is 118 Å². The molecule has 12 heteroatoms. The summed E-state index contributed by atoms with van der Waals surface area (Å²) in [6.07, 6.45) is 62.2. The largest absolute Gasteiger partial charge is 0.479 e. The summed E-state index contributed by atoms with van der Waals surface area (Å²) in [5.74, 6) is -3.20. The molecule has 462 valence electrons. The predicted molar refractivity (Wildman–Crippen MR) is 331 cm³/mol. The van der Waals surface area contributed by atoms with E-state index in [1.54, 1.807) is 0 Å². The maximum atomic E-state index is 13.2. The van der Waals surface area contributed by atoms with Crippen molar-refractivity contribution < 1.29 is 58.2 Å². The Morgan fingerprint density at radius 3 is 1.25 bits per heavy atom. The van der Waals surface area contributed by atoms with Gasteiger partial charge in [-0.25, -0.2) is 4.79 Å². The summed E-state index contributed by atoms with van der Waals surface area (Å²) in [6.45, 7) is 5.83. The van der Waals surface area contributed by atoms with Crippen molar-refractivity contribution in [2.75, 3.05) is 13.2 Å². The van der Waals surface area contributed by atoms with Crippen molar-refractivity contribution in [2.24, 2.45) is 0 Å². The van der Waals surface area contributed by atoms with Crippen LogP contribution >= 0.6 is 0 Å². The molecule has 0 saturated carbocycles. The van der Waals surface area contributed by atoms with Crippen LogP contribution in [0.15, 0.2) is 97.2 Å². The van der Waals surface area contributed by atoms with Crippen LogP contribution in [-0.4, -0.2) is 89.2 Å². The lowest BCUT2D eigenvalue weighted by Crippen LogP contribution is -2.61. The van der Waals surface area contributed by atoms with Gasteiger partial charge in [-0.3, -0.25) is 14.4 Å². The standard InChI is InChI=1S/C69H114O12/c1-4-7-10-13-16-19-22-25-28-30-31-33-35-37-40-43-46-49-52-55-61(70)77-58-60(79-62(71)56-53-50-47-44-41-39-36-32-29-26-23-20-17-14-11-8-5-2)59-78-69-67(65(74)64(73)66(81-69)68(75)76)80-63(72)57-54-51-48-45-42-38-34-27-24-21-18-15-12-9-6-3/h9,12,16,18-19,21,25-29,31,33-34,42,45,60,64-67,69,73-74H,4-8,10-11,13-15,17,20,22-24,30,32,35-41,43-44,46-59H2,1-3H3,(H,75,76)/b12-9-,19-16-,21-18-,28-25-,29-26-,33-31-,34-27-,45-42-. The Morgan fingerprint density at radius 1 is 0.420 bits per heavy atom. The van der Waals surface area contributed by atoms with E-state index in [1.807, 2.05) is 0 Å². The van der Waals surface area contributed by atoms with Crippen LogP contribution in [0, 0.1) is 0 Å². The number of esters is 3. The second kappa shape index (κ2) is 56.1. The minimum absolute atomic E-state index is 0.00292. The number of carbonyl (C=O) groups is 4. The highest BCUT2D eigenvalue weighted by Crippen LogP contribution is 2.26. The van der Waals surface area contributed by atoms with Crippen molar-refractivity contribution in [1.29, 1.82) is 0 Å². The molecule has 0 aromatic heterocycles. The summed E-state index contributed by atoms with van der Waals surface area (Å²) < 4.78 is 28.5. The molecule has 81 heavy (non-hydrogen) atoms. The molecular weight excluding hydrogens is 1020 g/mol. The highest BCUT2D eigenvalue weighted by atomic mass is 16.7. The zero-order chi connectivity index (χ0) is 58.9. The number of hydrogen-bond donors (Lipinski definition) is 3. The fourth-order valence-corrected chi connectivity index (χ4v) is 9.18. The molecule has 1 aliphatic heterocycles. The lowest BCUT2D eigenvalue weighted by Gasteiger charge is -2.40. The summed E-state index contributed by atoms with van der Waals surface area (Å²) in [4.78, 5) is 51.3. The van der Waals surface area contributed by atoms with E-state index >= 15 is 0 Å². The molecule has 0 aliphatic carbocycles. The van der Waals surface area contributed by atoms with E-state index in [1.165, 1.54) is 83.5 Å². The normalized spacial score (nSPS) is 18.4. The number of carboxylic acids is 1. The number of allylic oxidation sites excluding steroid dienone is 16. The molecule has 6 unspecified atom stereocenters. The molecule has 1 saturated heterocycles. The van der Waals surface area contributed by atoms with Crippen LogP contribution in [0.5, 0.6) is 0 Å². The van der Waals surface area contributed by atoms with Gasteiger partial charge in [-0.15, -0.1) is 0 Å². The lowest BCUT2D eigenvalue weighted by atomic mass is 9.98. The molecule has 0 spiro atoms. The Balaban J connectivity index is 2.70. The van der Waals surface area contributed by atoms with Crippen LogP contribution in [0.4, 0.5) is 0 Å². The summed E-state index contributed by atoms with van der Waals surface area (Å²) in [5, 5.41) is 31.6. The first kappa shape index (κ1) is 74.7. The van der Waals surface area contributed by atoms with Gasteiger partial charge in [0.15, 0.2) is 24.6 Å². The van der Waals surface area contributed by atoms with Crippen LogP contribution in [0.2, 0.25) is 0 Å². The SMILES string of the molecule is CC/C=C\C/C=C\C/C=C\C/C=C\CCCCC(=O)OC1C(OCC(COC(=O)CCCCCCCC/C=C\C/C=C\C/C=C\CCCCC)OC(=O)CCCCCCCCC/C=C\CCCCCCCC)OC(C(=O)O)C(O)C1O. The highest BCUT2D eigenvalue weighted by Gasteiger charge is 2.50. The fraction of sp³-hybridized carbons (Fsp3) is 0.710. The van der Waals surface area contributed by atoms with Gasteiger partial charge >= 0.3 is 23.9 Å². The zero-order valence-corrected chi connectivity index (χ0v) is 51.0. The number of ether oxygens (including phenoxy) is 5. The van der Waals surface area contributed by atoms with Gasteiger partial charge in [0, 0.05) is 19.3 Å². The van der Waals surface area contributed by atoms with Gasteiger partial charge in [-0.1, -0.05) is 221 Å². The van der Waals surface area contributed by atoms with Crippen molar-refractivity contribution >= 4 is 23.9 Å². The quantitative estimate of drug-likeness (QED) is 0.0228. The summed E-state index contributed by atoms with van der Waals surface area (Å²) in [6, 6.07) is 0. The Bertz CT molecular complexity index is 1780. The minimum Gasteiger partial charge on any atom is -0.479 e. The van der Waals surface area contributed by atoms with Crippen LogP contribution < -0.4 is 0 Å². The average molecular weight is 1140 g/mol. The number of carbonyl (C=O) groups excluding carboxylic acids is 3. The number of aliphatic hydroxyl groups is 2. The Morgan fingerprint density at radius 2 is 0.778 bits per heavy atom. The number of carboxylic acid groups (broad SMARTS) is 1. The molecule has 0 radical (unpaired) electrons. The zero-order valence-electron chi connectivity index (χ0n) is 51.0. The first-order chi connectivity index (χ1) is 39.6. The molecule has 1 heterocycles. The van der Waals surface area contributed by atoms with E-state index in [-0.39, 0.29) is 25.9 Å². The highest BCUT2D eigenvalue weighted by molar-refractivity contribution is 5.74. The summed E-state index contributed by atoms with van der Waals surface area (Å²) in [7, 11) is 0. The van der Waals surface area contributed by atoms with Crippen molar-refractivity contribution in [2.45, 2.75) is 302 Å². The van der Waals surface area contributed by atoms with Crippen LogP contribution in [0.1, 0.15) is 265 Å². The first-order valence-electron chi connectivity index (χ1n) is 32.2. The van der Waals surface area contributed by atoms with Gasteiger partial charge in [-0.2, -0.15) is 0 Å². The molecule has 1 aliphatic rings. The summed E-state index contributed by atoms with van der Waals surface area (Å²) >= 11 is 0. The minimum atomic E-state index is -1.92. The number of unbranched alkanes of at least 4 members (excludes halogenated alkanes) is 24. The third-order valence-electron chi connectivity index (χ3n) is 14.1. The van der Waals surface area contributed by atoms with E-state index in [0.717, 1.165) is 116 Å². The van der Waals surface area contributed by atoms with Crippen molar-refractivity contribution in [3.63, 3.8) is 0 Å². The van der Waals surface area contributed by atoms with Crippen LogP contribution in [-0.2, 0) is 42.9 Å². The van der Waals surface area contributed by atoms with E-state index < -0.39 is 67.3 Å². The molecule has 0 aromatic rings. The van der Waals surface area contributed by atoms with Crippen molar-refractivity contribution in [3.8, 4) is 0 Å².